The van der Waals surface area contributed by atoms with E-state index in [1.165, 1.54) is 0 Å². The third-order valence-electron chi connectivity index (χ3n) is 2.01. The van der Waals surface area contributed by atoms with Crippen molar-refractivity contribution in [3.8, 4) is 0 Å². The molecule has 0 spiro atoms. The topological polar surface area (TPSA) is 3.24 Å². The SMILES string of the molecule is CC.CC.[C-]1=CC=CCC=C1.[CH2-]N(C)c1ccccc1.[Y]. The number of para-hydroxylation sites is 1. The van der Waals surface area contributed by atoms with Crippen LogP contribution in [0.2, 0.25) is 0 Å². The minimum Gasteiger partial charge on any atom is -0.528 e. The molecular formula is C19H29NY-2. The summed E-state index contributed by atoms with van der Waals surface area (Å²) in [5.74, 6) is 0. The zero-order valence-electron chi connectivity index (χ0n) is 14.2. The summed E-state index contributed by atoms with van der Waals surface area (Å²) in [5.41, 5.74) is 1.14. The number of nitrogens with zero attached hydrogens (tertiary/aromatic N) is 1. The van der Waals surface area contributed by atoms with Gasteiger partial charge in [-0.15, -0.1) is 6.08 Å². The molecule has 1 aliphatic rings. The molecule has 0 bridgehead atoms. The van der Waals surface area contributed by atoms with Crippen molar-refractivity contribution >= 4 is 5.69 Å². The molecule has 0 atom stereocenters. The van der Waals surface area contributed by atoms with E-state index >= 15 is 0 Å². The van der Waals surface area contributed by atoms with E-state index in [0.717, 1.165) is 12.1 Å². The van der Waals surface area contributed by atoms with E-state index in [-0.39, 0.29) is 32.7 Å². The van der Waals surface area contributed by atoms with Crippen LogP contribution in [-0.2, 0) is 32.7 Å². The van der Waals surface area contributed by atoms with Crippen LogP contribution in [0.3, 0.4) is 0 Å². The second-order valence-corrected chi connectivity index (χ2v) is 3.43. The van der Waals surface area contributed by atoms with Crippen molar-refractivity contribution in [2.24, 2.45) is 0 Å². The van der Waals surface area contributed by atoms with E-state index in [1.54, 1.807) is 0 Å². The maximum atomic E-state index is 3.74. The molecule has 1 radical (unpaired) electrons. The second-order valence-electron chi connectivity index (χ2n) is 3.43. The van der Waals surface area contributed by atoms with Crippen LogP contribution in [0.5, 0.6) is 0 Å². The first kappa shape index (κ1) is 25.3. The molecule has 21 heavy (non-hydrogen) atoms. The van der Waals surface area contributed by atoms with Gasteiger partial charge in [0.15, 0.2) is 0 Å². The van der Waals surface area contributed by atoms with Crippen LogP contribution in [-0.4, -0.2) is 7.05 Å². The van der Waals surface area contributed by atoms with E-state index in [9.17, 15) is 0 Å². The first-order valence-corrected chi connectivity index (χ1v) is 7.29. The number of benzene rings is 1. The summed E-state index contributed by atoms with van der Waals surface area (Å²) in [4.78, 5) is 1.83. The van der Waals surface area contributed by atoms with Crippen molar-refractivity contribution in [2.75, 3.05) is 11.9 Å². The predicted molar refractivity (Wildman–Crippen MR) is 93.6 cm³/mol. The average molecular weight is 360 g/mol. The third-order valence-corrected chi connectivity index (χ3v) is 2.01. The Kier molecular flexibility index (Phi) is 26.1. The molecule has 1 aromatic rings. The summed E-state index contributed by atoms with van der Waals surface area (Å²) < 4.78 is 0. The van der Waals surface area contributed by atoms with Gasteiger partial charge < -0.3 is 4.90 Å². The van der Waals surface area contributed by atoms with Crippen molar-refractivity contribution in [2.45, 2.75) is 34.1 Å². The Morgan fingerprint density at radius 1 is 1.00 bits per heavy atom. The van der Waals surface area contributed by atoms with Crippen LogP contribution in [0.1, 0.15) is 34.1 Å². The Labute approximate surface area is 157 Å². The largest absolute Gasteiger partial charge is 0.528 e. The number of anilines is 1. The van der Waals surface area contributed by atoms with Crippen LogP contribution in [0.15, 0.2) is 60.7 Å². The van der Waals surface area contributed by atoms with Gasteiger partial charge in [-0.2, -0.15) is 30.4 Å². The summed E-state index contributed by atoms with van der Waals surface area (Å²) in [5, 5.41) is 0. The van der Waals surface area contributed by atoms with Gasteiger partial charge >= 0.3 is 0 Å². The van der Waals surface area contributed by atoms with Gasteiger partial charge in [0.2, 0.25) is 0 Å². The predicted octanol–water partition coefficient (Wildman–Crippen LogP) is 5.83. The third kappa shape index (κ3) is 17.3. The fourth-order valence-electron chi connectivity index (χ4n) is 1.15. The van der Waals surface area contributed by atoms with Crippen LogP contribution < -0.4 is 4.90 Å². The van der Waals surface area contributed by atoms with Gasteiger partial charge in [-0.3, -0.25) is 7.05 Å². The molecule has 115 valence electrons. The summed E-state index contributed by atoms with van der Waals surface area (Å²) in [6, 6.07) is 10.0. The zero-order valence-corrected chi connectivity index (χ0v) is 17.1. The Bertz CT molecular complexity index is 350. The van der Waals surface area contributed by atoms with E-state index < -0.39 is 0 Å². The Morgan fingerprint density at radius 3 is 2.05 bits per heavy atom. The van der Waals surface area contributed by atoms with Gasteiger partial charge in [-0.1, -0.05) is 52.3 Å². The van der Waals surface area contributed by atoms with Crippen LogP contribution >= 0.6 is 0 Å². The van der Waals surface area contributed by atoms with Gasteiger partial charge in [0, 0.05) is 38.4 Å². The van der Waals surface area contributed by atoms with Crippen molar-refractivity contribution in [1.82, 2.24) is 0 Å². The van der Waals surface area contributed by atoms with E-state index in [4.69, 9.17) is 0 Å². The first-order chi connectivity index (χ1) is 9.80. The molecule has 1 aliphatic carbocycles. The van der Waals surface area contributed by atoms with Crippen LogP contribution in [0, 0.1) is 13.1 Å². The monoisotopic (exact) mass is 360 g/mol. The summed E-state index contributed by atoms with van der Waals surface area (Å²) in [6.45, 7) is 8.00. The van der Waals surface area contributed by atoms with Crippen molar-refractivity contribution in [3.05, 3.63) is 73.8 Å². The summed E-state index contributed by atoms with van der Waals surface area (Å²) in [7, 11) is 5.67. The molecule has 0 saturated heterocycles. The van der Waals surface area contributed by atoms with E-state index in [0.29, 0.717) is 0 Å². The molecular weight excluding hydrogens is 331 g/mol. The molecule has 0 unspecified atom stereocenters. The van der Waals surface area contributed by atoms with Crippen molar-refractivity contribution in [1.29, 1.82) is 0 Å². The Morgan fingerprint density at radius 2 is 1.57 bits per heavy atom. The molecule has 0 aliphatic heterocycles. The van der Waals surface area contributed by atoms with Gasteiger partial charge in [-0.05, 0) is 19.2 Å². The normalized spacial score (nSPS) is 10.2. The molecule has 1 aromatic carbocycles. The number of hydrogen-bond donors (Lipinski definition) is 0. The number of rotatable bonds is 1. The second kappa shape index (κ2) is 21.6. The van der Waals surface area contributed by atoms with E-state index in [1.807, 2.05) is 88.2 Å². The Balaban J connectivity index is -0.000000244. The molecule has 0 N–H and O–H groups in total. The summed E-state index contributed by atoms with van der Waals surface area (Å²) >= 11 is 0. The van der Waals surface area contributed by atoms with Gasteiger partial charge in [0.1, 0.15) is 0 Å². The average Bonchev–Trinajstić information content (AvgIpc) is 2.85. The minimum absolute atomic E-state index is 0. The molecule has 0 saturated carbocycles. The van der Waals surface area contributed by atoms with Crippen LogP contribution in [0.4, 0.5) is 5.69 Å². The standard InChI is InChI=1S/C8H10N.C7H7.2C2H6.Y/c1-9(2)8-6-4-3-5-7-8;1-2-4-6-7-5-3-1;2*1-2;/h3-7H,1H2,2H3;1-3,6-7H,4H2;2*1-2H3;/q2*-1;;;. The maximum absolute atomic E-state index is 3.74. The van der Waals surface area contributed by atoms with Crippen LogP contribution in [0.25, 0.3) is 0 Å². The van der Waals surface area contributed by atoms with E-state index in [2.05, 4.69) is 25.3 Å². The fourth-order valence-corrected chi connectivity index (χ4v) is 1.15. The molecule has 0 heterocycles. The van der Waals surface area contributed by atoms with Gasteiger partial charge in [0.05, 0.1) is 0 Å². The smallest absolute Gasteiger partial charge is 0.00664 e. The van der Waals surface area contributed by atoms with Crippen molar-refractivity contribution < 1.29 is 32.7 Å². The number of allylic oxidation sites excluding steroid dienone is 6. The quantitative estimate of drug-likeness (QED) is 0.570. The zero-order chi connectivity index (χ0) is 15.6. The Hall–Kier alpha value is -0.656. The van der Waals surface area contributed by atoms with Crippen molar-refractivity contribution in [3.63, 3.8) is 0 Å². The fraction of sp³-hybridized carbons (Fsp3) is 0.316. The van der Waals surface area contributed by atoms with Gasteiger partial charge in [0.25, 0.3) is 0 Å². The van der Waals surface area contributed by atoms with Gasteiger partial charge in [-0.25, -0.2) is 0 Å². The molecule has 0 aromatic heterocycles. The summed E-state index contributed by atoms with van der Waals surface area (Å²) in [6.07, 6.45) is 14.0. The molecule has 2 rings (SSSR count). The minimum atomic E-state index is 0. The molecule has 0 amide bonds. The number of hydrogen-bond acceptors (Lipinski definition) is 1. The molecule has 1 nitrogen and oxygen atoms in total. The first-order valence-electron chi connectivity index (χ1n) is 7.29. The molecule has 2 heteroatoms. The maximum Gasteiger partial charge on any atom is 0.00664 e. The molecule has 0 fully saturated rings.